The van der Waals surface area contributed by atoms with Gasteiger partial charge in [-0.3, -0.25) is 47.9 Å². The van der Waals surface area contributed by atoms with E-state index in [1.165, 1.54) is 105 Å². The molecule has 0 aliphatic heterocycles. The lowest BCUT2D eigenvalue weighted by atomic mass is 9.93. The molecular weight excluding hydrogens is 1740 g/mol. The number of quaternary nitrogens is 1. The molecule has 0 aromatic heterocycles. The van der Waals surface area contributed by atoms with Crippen molar-refractivity contribution in [3.05, 3.63) is 179 Å². The second kappa shape index (κ2) is 67.3. The summed E-state index contributed by atoms with van der Waals surface area (Å²) in [5, 5.41) is 0. The molecule has 0 bridgehead atoms. The number of rotatable bonds is 51. The summed E-state index contributed by atoms with van der Waals surface area (Å²) >= 11 is 0. The number of benzene rings is 4. The molecule has 0 amide bonds. The number of hydrogen-bond donors (Lipinski definition) is 0. The molecule has 748 valence electrons. The monoisotopic (exact) mass is 1910 g/mol. The molecule has 0 saturated heterocycles. The average molecular weight is 1910 g/mol. The van der Waals surface area contributed by atoms with Crippen molar-refractivity contribution < 1.29 is 123 Å². The van der Waals surface area contributed by atoms with Gasteiger partial charge in [0, 0.05) is 172 Å². The molecule has 26 nitrogen and oxygen atoms in total. The molecule has 5 atom stereocenters. The van der Waals surface area contributed by atoms with Gasteiger partial charge in [-0.2, -0.15) is 0 Å². The zero-order chi connectivity index (χ0) is 95.5. The number of ether oxygens (including phenoxy) is 15. The fourth-order valence-corrected chi connectivity index (χ4v) is 18.2. The zero-order valence-corrected chi connectivity index (χ0v) is 89.9. The van der Waals surface area contributed by atoms with E-state index in [2.05, 4.69) is 161 Å². The third-order valence-corrected chi connectivity index (χ3v) is 27.6. The normalized spacial score (nSPS) is 13.3. The number of carbonyl (C=O) groups excluding carboxylic acids is 10. The van der Waals surface area contributed by atoms with Gasteiger partial charge >= 0.3 is 59.7 Å². The largest absolute Gasteiger partial charge is 0.465 e. The van der Waals surface area contributed by atoms with Gasteiger partial charge in [0.05, 0.1) is 111 Å². The highest BCUT2D eigenvalue weighted by atomic mass is 31.2. The molecule has 0 saturated carbocycles. The van der Waals surface area contributed by atoms with Gasteiger partial charge in [0.25, 0.3) is 0 Å². The van der Waals surface area contributed by atoms with E-state index in [0.717, 1.165) is 84.2 Å². The van der Waals surface area contributed by atoms with Crippen molar-refractivity contribution in [1.29, 1.82) is 0 Å². The topological polar surface area (TPSA) is 309 Å². The van der Waals surface area contributed by atoms with Gasteiger partial charge in [-0.15, -0.1) is 0 Å². The summed E-state index contributed by atoms with van der Waals surface area (Å²) in [6.07, 6.45) is 11.8. The van der Waals surface area contributed by atoms with Gasteiger partial charge in [-0.25, -0.2) is 0 Å². The second-order valence-corrected chi connectivity index (χ2v) is 57.0. The summed E-state index contributed by atoms with van der Waals surface area (Å²) in [6, 6.07) is 35.2. The standard InChI is InChI=1S/C25H34O5P.C20H32O5P.C19H30O5P.C17H34NO5.C14H28O5P.5CH3/c1-20(26)30-19-25(2,18-28-3)24(27)29-15-21-11-13-23(14-12-21)17-31(4,5)16-22-9-7-6-8-10-22;1-7-26(5,6)13-18-10-8-17(9-11-18)12-24-19(22)20(3,14-23-4)15-25-16(2)21;1-15(20)24-14-19(2,13-22-3)18(21)23-11-16-7-9-17(10-8-16)12-25(4,5)6;1-15(19)23-14-17(2,13-21-6)16(20)22-12-10-8-7-9-11-18(3,4)5;1-12(15)19-11-14(2,10-17-3)13(16)18-8-7-9-20(4,5)6;;;;;/h6-14H,15-19H2,1-5H3;8-11H,7,12-15H2,1-6H3;7-10H,11-14H2,1-6H3;7-14H2,1-6H3;7-11H2,1-6H3;5*1H3/q5*+1;5*-1. The van der Waals surface area contributed by atoms with E-state index in [1.807, 2.05) is 36.4 Å². The molecular formula is C100H173NO25P4. The fourth-order valence-electron chi connectivity index (χ4n) is 11.9. The second-order valence-electron chi connectivity index (χ2n) is 37.7. The summed E-state index contributed by atoms with van der Waals surface area (Å²) in [5.74, 6) is -4.25. The zero-order valence-electron chi connectivity index (χ0n) is 86.3. The molecule has 0 aliphatic rings. The fraction of sp³-hybridized carbons (Fsp3) is 0.610. The third kappa shape index (κ3) is 61.8. The maximum Gasteiger partial charge on any atom is 0.317 e. The smallest absolute Gasteiger partial charge is 0.317 e. The minimum Gasteiger partial charge on any atom is -0.465 e. The molecule has 130 heavy (non-hydrogen) atoms. The Morgan fingerprint density at radius 1 is 0.285 bits per heavy atom. The molecule has 0 spiro atoms. The summed E-state index contributed by atoms with van der Waals surface area (Å²) in [4.78, 5) is 117. The molecule has 0 fully saturated rings. The third-order valence-electron chi connectivity index (χ3n) is 19.3. The van der Waals surface area contributed by atoms with Crippen molar-refractivity contribution in [2.45, 2.75) is 153 Å². The predicted molar refractivity (Wildman–Crippen MR) is 535 cm³/mol. The Hall–Kier alpha value is -6.94. The molecule has 4 rings (SSSR count). The summed E-state index contributed by atoms with van der Waals surface area (Å²) in [6.45, 7) is 43.2. The van der Waals surface area contributed by atoms with E-state index >= 15 is 0 Å². The Morgan fingerprint density at radius 3 is 0.769 bits per heavy atom. The number of carbonyl (C=O) groups is 10. The van der Waals surface area contributed by atoms with Crippen LogP contribution in [0.25, 0.3) is 0 Å². The first-order valence-electron chi connectivity index (χ1n) is 42.3. The molecule has 0 N–H and O–H groups in total. The Bertz CT molecular complexity index is 3830. The van der Waals surface area contributed by atoms with Gasteiger partial charge in [0.15, 0.2) is 0 Å². The van der Waals surface area contributed by atoms with Crippen molar-refractivity contribution in [2.75, 3.05) is 221 Å². The van der Waals surface area contributed by atoms with Crippen LogP contribution >= 0.6 is 29.0 Å². The molecule has 5 unspecified atom stereocenters. The molecule has 0 radical (unpaired) electrons. The van der Waals surface area contributed by atoms with Crippen LogP contribution in [-0.4, -0.2) is 286 Å². The van der Waals surface area contributed by atoms with Crippen molar-refractivity contribution >= 4 is 88.7 Å². The summed E-state index contributed by atoms with van der Waals surface area (Å²) < 4.78 is 78.2. The first-order valence-corrected chi connectivity index (χ1v) is 55.1. The van der Waals surface area contributed by atoms with E-state index in [9.17, 15) is 47.9 Å². The molecule has 4 aromatic rings. The minimum absolute atomic E-state index is 0. The van der Waals surface area contributed by atoms with Gasteiger partial charge < -0.3 is 113 Å². The Labute approximate surface area is 788 Å². The molecule has 30 heteroatoms. The Balaban J connectivity index is -0.000000369. The van der Waals surface area contributed by atoms with Crippen LogP contribution < -0.4 is 0 Å². The number of nitrogens with zero attached hydrogens (tertiary/aromatic N) is 1. The Kier molecular flexibility index (Phi) is 69.2. The van der Waals surface area contributed by atoms with Gasteiger partial charge in [-0.05, 0) is 106 Å². The van der Waals surface area contributed by atoms with Crippen LogP contribution in [0, 0.1) is 64.2 Å². The van der Waals surface area contributed by atoms with Crippen LogP contribution in [0.5, 0.6) is 0 Å². The number of hydrogen-bond acceptors (Lipinski definition) is 25. The lowest BCUT2D eigenvalue weighted by Crippen LogP contribution is -2.39. The van der Waals surface area contributed by atoms with Crippen LogP contribution in [0.1, 0.15) is 147 Å². The lowest BCUT2D eigenvalue weighted by molar-refractivity contribution is -0.870. The van der Waals surface area contributed by atoms with Gasteiger partial charge in [0.2, 0.25) is 0 Å². The first-order chi connectivity index (χ1) is 58.0. The van der Waals surface area contributed by atoms with E-state index in [0.29, 0.717) is 13.2 Å². The van der Waals surface area contributed by atoms with Crippen LogP contribution in [0.3, 0.4) is 0 Å². The van der Waals surface area contributed by atoms with Crippen molar-refractivity contribution in [3.8, 4) is 0 Å². The van der Waals surface area contributed by atoms with Crippen LogP contribution in [0.2, 0.25) is 0 Å². The van der Waals surface area contributed by atoms with Crippen molar-refractivity contribution in [1.82, 2.24) is 0 Å². The highest BCUT2D eigenvalue weighted by Crippen LogP contribution is 2.57. The maximum absolute atomic E-state index is 12.6. The van der Waals surface area contributed by atoms with E-state index < -0.39 is 104 Å². The molecule has 0 aliphatic carbocycles. The highest BCUT2D eigenvalue weighted by Gasteiger charge is 2.42. The maximum atomic E-state index is 12.6. The predicted octanol–water partition coefficient (Wildman–Crippen LogP) is 18.3. The SMILES string of the molecule is CC[P+](C)(C)Cc1ccc(COC(=O)C(C)(COC)COC(C)=O)cc1.COCC(C)(COC(C)=O)C(=O)OCCCCCC[N+](C)(C)C.COCC(C)(COC(C)=O)C(=O)OCCC[P+](C)(C)C.COCC(C)(COC(C)=O)C(=O)OCc1ccc(C[P+](C)(C)C)cc1.COCC(C)(COC(C)=O)C(=O)OCc1ccc(C[P+](C)(C)Cc2ccccc2)cc1.[CH3-].[CH3-].[CH3-].[CH3-].[CH3-]. The van der Waals surface area contributed by atoms with Crippen molar-refractivity contribution in [3.63, 3.8) is 0 Å². The van der Waals surface area contributed by atoms with Crippen molar-refractivity contribution in [2.24, 2.45) is 27.1 Å². The van der Waals surface area contributed by atoms with Crippen LogP contribution in [0.4, 0.5) is 0 Å². The van der Waals surface area contributed by atoms with E-state index in [1.54, 1.807) is 34.6 Å². The average Bonchev–Trinajstić information content (AvgIpc) is 0.895. The highest BCUT2D eigenvalue weighted by molar-refractivity contribution is 7.74. The van der Waals surface area contributed by atoms with E-state index in [4.69, 9.17) is 71.1 Å². The lowest BCUT2D eigenvalue weighted by Gasteiger charge is -2.25. The van der Waals surface area contributed by atoms with Crippen LogP contribution in [-0.2, 0) is 163 Å². The number of unbranched alkanes of at least 4 members (excludes halogenated alkanes) is 3. The first kappa shape index (κ1) is 134. The molecule has 0 heterocycles. The van der Waals surface area contributed by atoms with Gasteiger partial charge in [0.1, 0.15) is 79.9 Å². The van der Waals surface area contributed by atoms with E-state index in [-0.39, 0.29) is 135 Å². The number of esters is 10. The quantitative estimate of drug-likeness (QED) is 0.00990. The minimum atomic E-state index is -1.12. The Morgan fingerprint density at radius 2 is 0.523 bits per heavy atom. The number of methoxy groups -OCH3 is 5. The molecule has 4 aromatic carbocycles. The summed E-state index contributed by atoms with van der Waals surface area (Å²) in [5.41, 5.74) is 3.11. The van der Waals surface area contributed by atoms with Gasteiger partial charge in [-0.1, -0.05) is 103 Å². The van der Waals surface area contributed by atoms with Crippen LogP contribution in [0.15, 0.2) is 103 Å². The summed E-state index contributed by atoms with van der Waals surface area (Å²) in [7, 11) is 10.3.